The van der Waals surface area contributed by atoms with Gasteiger partial charge in [-0.2, -0.15) is 0 Å². The minimum absolute atomic E-state index is 0.319. The molecule has 0 saturated heterocycles. The van der Waals surface area contributed by atoms with Gasteiger partial charge >= 0.3 is 0 Å². The normalized spacial score (nSPS) is 12.4. The molecule has 2 aromatic carbocycles. The van der Waals surface area contributed by atoms with Crippen LogP contribution in [0.2, 0.25) is 5.02 Å². The van der Waals surface area contributed by atoms with Crippen LogP contribution in [0.3, 0.4) is 0 Å². The molecule has 0 bridgehead atoms. The lowest BCUT2D eigenvalue weighted by atomic mass is 9.98. The molecule has 0 aromatic heterocycles. The molecule has 0 saturated carbocycles. The summed E-state index contributed by atoms with van der Waals surface area (Å²) < 4.78 is 39.5. The fourth-order valence-electron chi connectivity index (χ4n) is 2.02. The molecule has 0 aliphatic carbocycles. The average Bonchev–Trinajstić information content (AvgIpc) is 2.43. The average molecular weight is 300 g/mol. The third-order valence-electron chi connectivity index (χ3n) is 3.11. The van der Waals surface area contributed by atoms with Gasteiger partial charge < -0.3 is 5.32 Å². The van der Waals surface area contributed by atoms with E-state index in [9.17, 15) is 13.2 Å². The second-order valence-electron chi connectivity index (χ2n) is 4.47. The molecule has 0 radical (unpaired) electrons. The zero-order chi connectivity index (χ0) is 14.7. The highest BCUT2D eigenvalue weighted by Crippen LogP contribution is 2.23. The number of nitrogens with one attached hydrogen (secondary N) is 1. The molecule has 0 aliphatic rings. The first-order chi connectivity index (χ1) is 9.51. The van der Waals surface area contributed by atoms with Crippen LogP contribution >= 0.6 is 11.6 Å². The summed E-state index contributed by atoms with van der Waals surface area (Å²) in [6.07, 6.45) is 0.512. The second kappa shape index (κ2) is 6.29. The van der Waals surface area contributed by atoms with Crippen molar-refractivity contribution in [3.05, 3.63) is 70.0 Å². The topological polar surface area (TPSA) is 12.0 Å². The van der Waals surface area contributed by atoms with Gasteiger partial charge in [-0.15, -0.1) is 0 Å². The Morgan fingerprint density at radius 2 is 1.60 bits per heavy atom. The van der Waals surface area contributed by atoms with Gasteiger partial charge in [0.2, 0.25) is 0 Å². The van der Waals surface area contributed by atoms with E-state index in [0.717, 1.165) is 17.7 Å². The Labute approximate surface area is 120 Å². The lowest BCUT2D eigenvalue weighted by molar-refractivity contribution is 0.441. The Morgan fingerprint density at radius 3 is 2.10 bits per heavy atom. The zero-order valence-electron chi connectivity index (χ0n) is 10.8. The van der Waals surface area contributed by atoms with Crippen molar-refractivity contribution in [3.63, 3.8) is 0 Å². The van der Waals surface area contributed by atoms with Gasteiger partial charge in [-0.1, -0.05) is 23.7 Å². The van der Waals surface area contributed by atoms with Gasteiger partial charge in [-0.3, -0.25) is 0 Å². The molecule has 0 spiro atoms. The summed E-state index contributed by atoms with van der Waals surface area (Å²) in [5, 5.41) is 3.59. The molecule has 1 nitrogen and oxygen atoms in total. The Morgan fingerprint density at radius 1 is 1.05 bits per heavy atom. The van der Waals surface area contributed by atoms with Crippen LogP contribution in [-0.2, 0) is 6.42 Å². The quantitative estimate of drug-likeness (QED) is 0.832. The zero-order valence-corrected chi connectivity index (χ0v) is 11.5. The first-order valence-electron chi connectivity index (χ1n) is 6.07. The summed E-state index contributed by atoms with van der Waals surface area (Å²) in [6, 6.07) is 8.86. The van der Waals surface area contributed by atoms with E-state index < -0.39 is 17.5 Å². The summed E-state index contributed by atoms with van der Waals surface area (Å²) >= 11 is 5.80. The molecule has 0 fully saturated rings. The Balaban J connectivity index is 2.26. The van der Waals surface area contributed by atoms with Gasteiger partial charge in [0.25, 0.3) is 0 Å². The van der Waals surface area contributed by atoms with E-state index in [2.05, 4.69) is 5.32 Å². The minimum Gasteiger partial charge on any atom is -0.313 e. The first-order valence-corrected chi connectivity index (χ1v) is 6.45. The molecule has 0 amide bonds. The third kappa shape index (κ3) is 3.32. The van der Waals surface area contributed by atoms with Gasteiger partial charge in [-0.05, 0) is 48.9 Å². The van der Waals surface area contributed by atoms with Crippen LogP contribution in [0.5, 0.6) is 0 Å². The minimum atomic E-state index is -1.45. The van der Waals surface area contributed by atoms with E-state index in [-0.39, 0.29) is 6.04 Å². The monoisotopic (exact) mass is 299 g/mol. The van der Waals surface area contributed by atoms with Gasteiger partial charge in [-0.25, -0.2) is 13.2 Å². The van der Waals surface area contributed by atoms with Crippen LogP contribution in [0.1, 0.15) is 17.2 Å². The van der Waals surface area contributed by atoms with Crippen LogP contribution in [-0.4, -0.2) is 7.05 Å². The first kappa shape index (κ1) is 14.9. The molecule has 1 atom stereocenters. The molecule has 2 rings (SSSR count). The summed E-state index contributed by atoms with van der Waals surface area (Å²) in [4.78, 5) is 0. The van der Waals surface area contributed by atoms with Gasteiger partial charge in [0.15, 0.2) is 17.5 Å². The standard InChI is InChI=1S/C15H13ClF3N/c1-20-14(6-9-2-4-11(16)5-3-9)10-7-12(17)15(19)13(18)8-10/h2-5,7-8,14,20H,6H2,1H3. The maximum Gasteiger partial charge on any atom is 0.194 e. The fraction of sp³-hybridized carbons (Fsp3) is 0.200. The van der Waals surface area contributed by atoms with Crippen LogP contribution in [0, 0.1) is 17.5 Å². The molecule has 20 heavy (non-hydrogen) atoms. The molecule has 0 aliphatic heterocycles. The highest BCUT2D eigenvalue weighted by molar-refractivity contribution is 6.30. The van der Waals surface area contributed by atoms with Gasteiger partial charge in [0.1, 0.15) is 0 Å². The molecule has 2 aromatic rings. The Kier molecular flexibility index (Phi) is 4.68. The molecule has 5 heteroatoms. The largest absolute Gasteiger partial charge is 0.313 e. The number of rotatable bonds is 4. The summed E-state index contributed by atoms with van der Waals surface area (Å²) in [7, 11) is 1.68. The number of benzene rings is 2. The maximum absolute atomic E-state index is 13.3. The summed E-state index contributed by atoms with van der Waals surface area (Å²) in [5.74, 6) is -3.82. The SMILES string of the molecule is CNC(Cc1ccc(Cl)cc1)c1cc(F)c(F)c(F)c1. The second-order valence-corrected chi connectivity index (χ2v) is 4.91. The van der Waals surface area contributed by atoms with Crippen molar-refractivity contribution >= 4 is 11.6 Å². The third-order valence-corrected chi connectivity index (χ3v) is 3.36. The predicted molar refractivity (Wildman–Crippen MR) is 73.3 cm³/mol. The predicted octanol–water partition coefficient (Wildman–Crippen LogP) is 4.26. The number of hydrogen-bond acceptors (Lipinski definition) is 1. The van der Waals surface area contributed by atoms with Crippen LogP contribution in [0.15, 0.2) is 36.4 Å². The Hall–Kier alpha value is -1.52. The number of hydrogen-bond donors (Lipinski definition) is 1. The molecule has 1 unspecified atom stereocenters. The molecule has 1 N–H and O–H groups in total. The highest BCUT2D eigenvalue weighted by Gasteiger charge is 2.16. The van der Waals surface area contributed by atoms with E-state index in [1.807, 2.05) is 12.1 Å². The van der Waals surface area contributed by atoms with Crippen molar-refractivity contribution in [1.82, 2.24) is 5.32 Å². The fourth-order valence-corrected chi connectivity index (χ4v) is 2.15. The lowest BCUT2D eigenvalue weighted by Gasteiger charge is -2.17. The van der Waals surface area contributed by atoms with Gasteiger partial charge in [0.05, 0.1) is 0 Å². The van der Waals surface area contributed by atoms with E-state index in [4.69, 9.17) is 11.6 Å². The van der Waals surface area contributed by atoms with Crippen molar-refractivity contribution in [1.29, 1.82) is 0 Å². The molecular weight excluding hydrogens is 287 g/mol. The van der Waals surface area contributed by atoms with Crippen molar-refractivity contribution < 1.29 is 13.2 Å². The van der Waals surface area contributed by atoms with Crippen LogP contribution < -0.4 is 5.32 Å². The van der Waals surface area contributed by atoms with E-state index in [0.29, 0.717) is 17.0 Å². The maximum atomic E-state index is 13.3. The summed E-state index contributed by atoms with van der Waals surface area (Å²) in [6.45, 7) is 0. The highest BCUT2D eigenvalue weighted by atomic mass is 35.5. The van der Waals surface area contributed by atoms with Crippen molar-refractivity contribution in [2.75, 3.05) is 7.05 Å². The van der Waals surface area contributed by atoms with Crippen molar-refractivity contribution in [3.8, 4) is 0 Å². The van der Waals surface area contributed by atoms with Crippen LogP contribution in [0.4, 0.5) is 13.2 Å². The lowest BCUT2D eigenvalue weighted by Crippen LogP contribution is -2.19. The van der Waals surface area contributed by atoms with Gasteiger partial charge in [0, 0.05) is 11.1 Å². The summed E-state index contributed by atoms with van der Waals surface area (Å²) in [5.41, 5.74) is 1.32. The van der Waals surface area contributed by atoms with Crippen molar-refractivity contribution in [2.24, 2.45) is 0 Å². The van der Waals surface area contributed by atoms with E-state index in [1.54, 1.807) is 19.2 Å². The molecule has 0 heterocycles. The number of likely N-dealkylation sites (N-methyl/N-ethyl adjacent to an activating group) is 1. The van der Waals surface area contributed by atoms with Crippen LogP contribution in [0.25, 0.3) is 0 Å². The van der Waals surface area contributed by atoms with Crippen molar-refractivity contribution in [2.45, 2.75) is 12.5 Å². The van der Waals surface area contributed by atoms with E-state index >= 15 is 0 Å². The smallest absolute Gasteiger partial charge is 0.194 e. The Bertz CT molecular complexity index is 576. The molecular formula is C15H13ClF3N. The number of halogens is 4. The molecule has 106 valence electrons. The van der Waals surface area contributed by atoms with E-state index in [1.165, 1.54) is 0 Å².